The normalized spacial score (nSPS) is 16.1. The Labute approximate surface area is 79.5 Å². The molecule has 0 radical (unpaired) electrons. The van der Waals surface area contributed by atoms with Crippen LogP contribution in [0.3, 0.4) is 0 Å². The van der Waals surface area contributed by atoms with Crippen LogP contribution in [0.2, 0.25) is 0 Å². The average Bonchev–Trinajstić information content (AvgIpc) is 2.81. The van der Waals surface area contributed by atoms with E-state index in [1.807, 2.05) is 6.07 Å². The molecule has 12 heavy (non-hydrogen) atoms. The number of rotatable bonds is 2. The van der Waals surface area contributed by atoms with Crippen molar-refractivity contribution in [2.45, 2.75) is 18.9 Å². The van der Waals surface area contributed by atoms with Crippen molar-refractivity contribution in [3.63, 3.8) is 0 Å². The van der Waals surface area contributed by atoms with Gasteiger partial charge in [0.25, 0.3) is 0 Å². The quantitative estimate of drug-likeness (QED) is 0.813. The van der Waals surface area contributed by atoms with Crippen molar-refractivity contribution in [2.75, 3.05) is 11.1 Å². The van der Waals surface area contributed by atoms with E-state index < -0.39 is 0 Å². The topological polar surface area (TPSA) is 50.9 Å². The van der Waals surface area contributed by atoms with Crippen molar-refractivity contribution < 1.29 is 0 Å². The predicted molar refractivity (Wildman–Crippen MR) is 53.0 cm³/mol. The third-order valence-electron chi connectivity index (χ3n) is 1.81. The highest BCUT2D eigenvalue weighted by atomic mass is 79.9. The summed E-state index contributed by atoms with van der Waals surface area (Å²) in [7, 11) is 0. The van der Waals surface area contributed by atoms with E-state index in [0.29, 0.717) is 11.9 Å². The van der Waals surface area contributed by atoms with Gasteiger partial charge < -0.3 is 11.1 Å². The van der Waals surface area contributed by atoms with E-state index in [9.17, 15) is 0 Å². The van der Waals surface area contributed by atoms with Gasteiger partial charge in [0.15, 0.2) is 0 Å². The fraction of sp³-hybridized carbons (Fsp3) is 0.375. The van der Waals surface area contributed by atoms with Gasteiger partial charge in [-0.3, -0.25) is 0 Å². The third kappa shape index (κ3) is 1.69. The van der Waals surface area contributed by atoms with Gasteiger partial charge in [-0.1, -0.05) is 0 Å². The smallest absolute Gasteiger partial charge is 0.125 e. The Morgan fingerprint density at radius 3 is 3.00 bits per heavy atom. The van der Waals surface area contributed by atoms with Gasteiger partial charge in [0, 0.05) is 18.3 Å². The van der Waals surface area contributed by atoms with E-state index in [0.717, 1.165) is 10.2 Å². The van der Waals surface area contributed by atoms with E-state index in [4.69, 9.17) is 5.73 Å². The van der Waals surface area contributed by atoms with Gasteiger partial charge in [-0.15, -0.1) is 0 Å². The third-order valence-corrected chi connectivity index (χ3v) is 2.45. The first-order valence-electron chi connectivity index (χ1n) is 3.93. The lowest BCUT2D eigenvalue weighted by atomic mass is 10.4. The Morgan fingerprint density at radius 2 is 2.33 bits per heavy atom. The molecule has 3 nitrogen and oxygen atoms in total. The SMILES string of the molecule is Nc1cc(NC2CC2)c(Br)cn1. The van der Waals surface area contributed by atoms with Crippen LogP contribution in [0.1, 0.15) is 12.8 Å². The van der Waals surface area contributed by atoms with E-state index >= 15 is 0 Å². The molecule has 1 fully saturated rings. The molecule has 0 spiro atoms. The molecule has 4 heteroatoms. The number of pyridine rings is 1. The van der Waals surface area contributed by atoms with Crippen LogP contribution >= 0.6 is 15.9 Å². The molecular weight excluding hydrogens is 218 g/mol. The summed E-state index contributed by atoms with van der Waals surface area (Å²) >= 11 is 3.41. The zero-order valence-corrected chi connectivity index (χ0v) is 8.13. The summed E-state index contributed by atoms with van der Waals surface area (Å²) in [5.74, 6) is 0.557. The highest BCUT2D eigenvalue weighted by molar-refractivity contribution is 9.10. The zero-order chi connectivity index (χ0) is 8.55. The Morgan fingerprint density at radius 1 is 1.58 bits per heavy atom. The fourth-order valence-electron chi connectivity index (χ4n) is 1.01. The minimum absolute atomic E-state index is 0.557. The number of nitrogens with one attached hydrogen (secondary N) is 1. The van der Waals surface area contributed by atoms with Crippen molar-refractivity contribution >= 4 is 27.4 Å². The molecular formula is C8H10BrN3. The molecule has 1 saturated carbocycles. The number of hydrogen-bond donors (Lipinski definition) is 2. The molecule has 1 aliphatic carbocycles. The first-order valence-corrected chi connectivity index (χ1v) is 4.72. The number of aromatic nitrogens is 1. The Kier molecular flexibility index (Phi) is 1.92. The van der Waals surface area contributed by atoms with Crippen molar-refractivity contribution in [3.8, 4) is 0 Å². The van der Waals surface area contributed by atoms with Gasteiger partial charge in [-0.25, -0.2) is 4.98 Å². The van der Waals surface area contributed by atoms with Crippen LogP contribution in [-0.4, -0.2) is 11.0 Å². The van der Waals surface area contributed by atoms with Crippen LogP contribution in [0.4, 0.5) is 11.5 Å². The van der Waals surface area contributed by atoms with Crippen LogP contribution in [-0.2, 0) is 0 Å². The molecule has 1 aromatic heterocycles. The van der Waals surface area contributed by atoms with E-state index in [-0.39, 0.29) is 0 Å². The van der Waals surface area contributed by atoms with Gasteiger partial charge in [0.05, 0.1) is 10.2 Å². The minimum atomic E-state index is 0.557. The molecule has 0 aliphatic heterocycles. The van der Waals surface area contributed by atoms with Crippen molar-refractivity contribution in [2.24, 2.45) is 0 Å². The molecule has 2 rings (SSSR count). The monoisotopic (exact) mass is 227 g/mol. The summed E-state index contributed by atoms with van der Waals surface area (Å²) in [5.41, 5.74) is 6.60. The van der Waals surface area contributed by atoms with Crippen molar-refractivity contribution in [1.29, 1.82) is 0 Å². The number of nitrogen functional groups attached to an aromatic ring is 1. The molecule has 1 heterocycles. The van der Waals surface area contributed by atoms with Gasteiger partial charge >= 0.3 is 0 Å². The number of anilines is 2. The number of nitrogens with zero attached hydrogens (tertiary/aromatic N) is 1. The van der Waals surface area contributed by atoms with Crippen LogP contribution in [0, 0.1) is 0 Å². The van der Waals surface area contributed by atoms with Crippen LogP contribution in [0.15, 0.2) is 16.7 Å². The second-order valence-corrected chi connectivity index (χ2v) is 3.86. The standard InChI is InChI=1S/C8H10BrN3/c9-6-4-11-8(10)3-7(6)12-5-1-2-5/h3-5H,1-2H2,(H3,10,11,12). The molecule has 64 valence electrons. The second kappa shape index (κ2) is 2.94. The van der Waals surface area contributed by atoms with Gasteiger partial charge in [0.2, 0.25) is 0 Å². The molecule has 0 amide bonds. The van der Waals surface area contributed by atoms with Gasteiger partial charge in [-0.2, -0.15) is 0 Å². The van der Waals surface area contributed by atoms with E-state index in [1.54, 1.807) is 6.20 Å². The van der Waals surface area contributed by atoms with Crippen molar-refractivity contribution in [3.05, 3.63) is 16.7 Å². The van der Waals surface area contributed by atoms with Crippen LogP contribution in [0.5, 0.6) is 0 Å². The second-order valence-electron chi connectivity index (χ2n) is 3.01. The number of halogens is 1. The highest BCUT2D eigenvalue weighted by Crippen LogP contribution is 2.29. The summed E-state index contributed by atoms with van der Waals surface area (Å²) in [6.45, 7) is 0. The Bertz CT molecular complexity index is 296. The van der Waals surface area contributed by atoms with Crippen molar-refractivity contribution in [1.82, 2.24) is 4.98 Å². The summed E-state index contributed by atoms with van der Waals surface area (Å²) in [6.07, 6.45) is 4.24. The first kappa shape index (κ1) is 7.86. The lowest BCUT2D eigenvalue weighted by molar-refractivity contribution is 1.14. The maximum absolute atomic E-state index is 5.55. The molecule has 1 aromatic rings. The predicted octanol–water partition coefficient (Wildman–Crippen LogP) is 2.00. The summed E-state index contributed by atoms with van der Waals surface area (Å²) in [5, 5.41) is 3.36. The lowest BCUT2D eigenvalue weighted by Gasteiger charge is -2.06. The van der Waals surface area contributed by atoms with Gasteiger partial charge in [-0.05, 0) is 28.8 Å². The highest BCUT2D eigenvalue weighted by Gasteiger charge is 2.21. The average molecular weight is 228 g/mol. The fourth-order valence-corrected chi connectivity index (χ4v) is 1.34. The molecule has 0 unspecified atom stereocenters. The van der Waals surface area contributed by atoms with Gasteiger partial charge in [0.1, 0.15) is 5.82 Å². The summed E-state index contributed by atoms with van der Waals surface area (Å²) < 4.78 is 0.976. The van der Waals surface area contributed by atoms with Crippen LogP contribution in [0.25, 0.3) is 0 Å². The molecule has 1 aliphatic rings. The molecule has 3 N–H and O–H groups in total. The summed E-state index contributed by atoms with van der Waals surface area (Å²) in [6, 6.07) is 2.49. The maximum atomic E-state index is 5.55. The number of nitrogens with two attached hydrogens (primary N) is 1. The molecule has 0 saturated heterocycles. The Balaban J connectivity index is 2.21. The first-order chi connectivity index (χ1) is 5.75. The maximum Gasteiger partial charge on any atom is 0.125 e. The minimum Gasteiger partial charge on any atom is -0.384 e. The molecule has 0 atom stereocenters. The van der Waals surface area contributed by atoms with E-state index in [1.165, 1.54) is 12.8 Å². The van der Waals surface area contributed by atoms with Crippen LogP contribution < -0.4 is 11.1 Å². The zero-order valence-electron chi connectivity index (χ0n) is 6.55. The lowest BCUT2D eigenvalue weighted by Crippen LogP contribution is -2.02. The number of hydrogen-bond acceptors (Lipinski definition) is 3. The largest absolute Gasteiger partial charge is 0.384 e. The molecule has 0 bridgehead atoms. The van der Waals surface area contributed by atoms with E-state index in [2.05, 4.69) is 26.2 Å². The molecule has 0 aromatic carbocycles. The summed E-state index contributed by atoms with van der Waals surface area (Å²) in [4.78, 5) is 3.96. The Hall–Kier alpha value is -0.770.